The van der Waals surface area contributed by atoms with Gasteiger partial charge >= 0.3 is 0 Å². The van der Waals surface area contributed by atoms with E-state index in [4.69, 9.17) is 10.5 Å². The Morgan fingerprint density at radius 1 is 1.33 bits per heavy atom. The number of Topliss-reactive ketones (excluding diaryl/α,β-unsaturated/α-hetero) is 1. The number of hydrogen-bond acceptors (Lipinski definition) is 6. The number of morpholine rings is 1. The zero-order valence-electron chi connectivity index (χ0n) is 13.1. The van der Waals surface area contributed by atoms with Crippen LogP contribution in [0.15, 0.2) is 0 Å². The zero-order chi connectivity index (χ0) is 16.0. The molecule has 5 nitrogen and oxygen atoms in total. The summed E-state index contributed by atoms with van der Waals surface area (Å²) in [6.45, 7) is 10.9. The van der Waals surface area contributed by atoms with Gasteiger partial charge in [0.1, 0.15) is 16.6 Å². The minimum absolute atomic E-state index is 0.105. The number of thiophene rings is 1. The van der Waals surface area contributed by atoms with Crippen LogP contribution < -0.4 is 10.6 Å². The number of anilines is 2. The molecule has 0 bridgehead atoms. The lowest BCUT2D eigenvalue weighted by Gasteiger charge is -2.47. The Hall–Kier alpha value is -1.58. The van der Waals surface area contributed by atoms with Crippen LogP contribution in [0.4, 0.5) is 10.7 Å². The van der Waals surface area contributed by atoms with Gasteiger partial charge in [-0.2, -0.15) is 5.26 Å². The summed E-state index contributed by atoms with van der Waals surface area (Å²) >= 11 is 1.30. The molecule has 1 aliphatic rings. The van der Waals surface area contributed by atoms with Crippen molar-refractivity contribution in [2.75, 3.05) is 23.7 Å². The van der Waals surface area contributed by atoms with E-state index in [2.05, 4.69) is 11.0 Å². The van der Waals surface area contributed by atoms with Crippen LogP contribution in [-0.2, 0) is 4.74 Å². The van der Waals surface area contributed by atoms with Gasteiger partial charge in [-0.05, 0) is 27.7 Å². The highest BCUT2D eigenvalue weighted by atomic mass is 32.1. The molecule has 0 atom stereocenters. The topological polar surface area (TPSA) is 79.3 Å². The van der Waals surface area contributed by atoms with Crippen LogP contribution in [0.25, 0.3) is 0 Å². The number of ketones is 1. The molecule has 1 aromatic rings. The summed E-state index contributed by atoms with van der Waals surface area (Å²) in [4.78, 5) is 14.2. The Balaban J connectivity index is 2.49. The summed E-state index contributed by atoms with van der Waals surface area (Å²) in [6.07, 6.45) is 0. The van der Waals surface area contributed by atoms with Gasteiger partial charge in [0.05, 0.1) is 21.8 Å². The number of hydrogen-bond donors (Lipinski definition) is 1. The van der Waals surface area contributed by atoms with E-state index in [1.54, 1.807) is 0 Å². The first-order valence-electron chi connectivity index (χ1n) is 6.85. The van der Waals surface area contributed by atoms with Gasteiger partial charge in [-0.25, -0.2) is 0 Å². The third-order valence-corrected chi connectivity index (χ3v) is 4.71. The highest BCUT2D eigenvalue weighted by Crippen LogP contribution is 2.41. The molecule has 2 rings (SSSR count). The van der Waals surface area contributed by atoms with Gasteiger partial charge in [-0.1, -0.05) is 0 Å². The van der Waals surface area contributed by atoms with Crippen LogP contribution in [0.1, 0.15) is 49.9 Å². The Kier molecular flexibility index (Phi) is 3.77. The van der Waals surface area contributed by atoms with Gasteiger partial charge in [0.15, 0.2) is 5.78 Å². The number of nitrogens with two attached hydrogens (primary N) is 1. The summed E-state index contributed by atoms with van der Waals surface area (Å²) in [7, 11) is 0. The molecule has 0 saturated carbocycles. The summed E-state index contributed by atoms with van der Waals surface area (Å²) in [5.41, 5.74) is 6.01. The van der Waals surface area contributed by atoms with Gasteiger partial charge in [0.2, 0.25) is 0 Å². The van der Waals surface area contributed by atoms with Crippen LogP contribution in [0.3, 0.4) is 0 Å². The summed E-state index contributed by atoms with van der Waals surface area (Å²) in [5, 5.41) is 10.2. The largest absolute Gasteiger partial charge is 0.396 e. The molecule has 6 heteroatoms. The molecule has 0 aromatic carbocycles. The lowest BCUT2D eigenvalue weighted by atomic mass is 9.99. The van der Waals surface area contributed by atoms with Crippen molar-refractivity contribution in [3.05, 3.63) is 10.4 Å². The molecule has 2 heterocycles. The van der Waals surface area contributed by atoms with E-state index in [-0.39, 0.29) is 17.0 Å². The van der Waals surface area contributed by atoms with Crippen molar-refractivity contribution < 1.29 is 9.53 Å². The van der Waals surface area contributed by atoms with Gasteiger partial charge in [-0.3, -0.25) is 4.79 Å². The highest BCUT2D eigenvalue weighted by Gasteiger charge is 2.40. The molecule has 114 valence electrons. The Labute approximate surface area is 129 Å². The van der Waals surface area contributed by atoms with Crippen LogP contribution in [0, 0.1) is 11.3 Å². The minimum Gasteiger partial charge on any atom is -0.396 e. The van der Waals surface area contributed by atoms with Gasteiger partial charge in [0, 0.05) is 20.0 Å². The van der Waals surface area contributed by atoms with Crippen LogP contribution in [0.5, 0.6) is 0 Å². The van der Waals surface area contributed by atoms with Crippen LogP contribution in [-0.4, -0.2) is 30.1 Å². The number of rotatable bonds is 2. The van der Waals surface area contributed by atoms with Gasteiger partial charge in [-0.15, -0.1) is 11.3 Å². The zero-order valence-corrected chi connectivity index (χ0v) is 13.9. The quantitative estimate of drug-likeness (QED) is 0.850. The fourth-order valence-electron chi connectivity index (χ4n) is 2.95. The minimum atomic E-state index is -0.330. The maximum absolute atomic E-state index is 11.7. The van der Waals surface area contributed by atoms with E-state index in [0.29, 0.717) is 29.2 Å². The third-order valence-electron chi connectivity index (χ3n) is 3.34. The second kappa shape index (κ2) is 5.00. The molecule has 0 spiro atoms. The molecule has 0 amide bonds. The van der Waals surface area contributed by atoms with E-state index in [0.717, 1.165) is 5.00 Å². The summed E-state index contributed by atoms with van der Waals surface area (Å²) in [6, 6.07) is 2.14. The number of nitriles is 1. The molecular weight excluding hydrogens is 286 g/mol. The van der Waals surface area contributed by atoms with E-state index in [1.807, 2.05) is 27.7 Å². The molecule has 2 N–H and O–H groups in total. The number of ether oxygens (including phenoxy) is 1. The van der Waals surface area contributed by atoms with Crippen molar-refractivity contribution >= 4 is 27.8 Å². The normalized spacial score (nSPS) is 20.1. The molecule has 1 aromatic heterocycles. The van der Waals surface area contributed by atoms with Crippen molar-refractivity contribution in [1.82, 2.24) is 0 Å². The molecule has 21 heavy (non-hydrogen) atoms. The van der Waals surface area contributed by atoms with E-state index in [1.165, 1.54) is 18.3 Å². The van der Waals surface area contributed by atoms with E-state index in [9.17, 15) is 10.1 Å². The Morgan fingerprint density at radius 3 is 2.29 bits per heavy atom. The lowest BCUT2D eigenvalue weighted by Crippen LogP contribution is -2.57. The number of nitrogens with zero attached hydrogens (tertiary/aromatic N) is 2. The maximum Gasteiger partial charge on any atom is 0.171 e. The van der Waals surface area contributed by atoms with Gasteiger partial charge < -0.3 is 15.4 Å². The predicted molar refractivity (Wildman–Crippen MR) is 84.9 cm³/mol. The van der Waals surface area contributed by atoms with Crippen molar-refractivity contribution in [2.24, 2.45) is 0 Å². The lowest BCUT2D eigenvalue weighted by molar-refractivity contribution is -0.132. The average molecular weight is 307 g/mol. The van der Waals surface area contributed by atoms with Gasteiger partial charge in [0.25, 0.3) is 0 Å². The molecule has 1 fully saturated rings. The Bertz CT molecular complexity index is 610. The number of carbonyl (C=O) groups is 1. The van der Waals surface area contributed by atoms with Crippen molar-refractivity contribution in [3.63, 3.8) is 0 Å². The highest BCUT2D eigenvalue weighted by molar-refractivity contribution is 7.19. The van der Waals surface area contributed by atoms with Crippen LogP contribution in [0.2, 0.25) is 0 Å². The second-order valence-corrected chi connectivity index (χ2v) is 7.67. The van der Waals surface area contributed by atoms with Crippen LogP contribution >= 0.6 is 11.3 Å². The summed E-state index contributed by atoms with van der Waals surface area (Å²) in [5.74, 6) is -0.105. The standard InChI is InChI=1S/C15H21N3O2S/c1-9(19)12-11(17)10(6-16)13(21-12)18-7-14(2,3)20-15(4,5)8-18/h7-8,17H2,1-5H3. The predicted octanol–water partition coefficient (Wildman–Crippen LogP) is 2.80. The first kappa shape index (κ1) is 15.8. The molecule has 0 radical (unpaired) electrons. The second-order valence-electron chi connectivity index (χ2n) is 6.67. The molecule has 0 aliphatic carbocycles. The SMILES string of the molecule is CC(=O)c1sc(N2CC(C)(C)OC(C)(C)C2)c(C#N)c1N. The average Bonchev–Trinajstić information content (AvgIpc) is 2.62. The number of carbonyl (C=O) groups excluding carboxylic acids is 1. The first-order valence-corrected chi connectivity index (χ1v) is 7.66. The maximum atomic E-state index is 11.7. The molecule has 1 aliphatic heterocycles. The smallest absolute Gasteiger partial charge is 0.171 e. The van der Waals surface area contributed by atoms with Crippen molar-refractivity contribution in [2.45, 2.75) is 45.8 Å². The molecular formula is C15H21N3O2S. The van der Waals surface area contributed by atoms with Crippen molar-refractivity contribution in [3.8, 4) is 6.07 Å². The van der Waals surface area contributed by atoms with Crippen molar-refractivity contribution in [1.29, 1.82) is 5.26 Å². The summed E-state index contributed by atoms with van der Waals surface area (Å²) < 4.78 is 6.05. The van der Waals surface area contributed by atoms with E-state index >= 15 is 0 Å². The Morgan fingerprint density at radius 2 is 1.86 bits per heavy atom. The fraction of sp³-hybridized carbons (Fsp3) is 0.600. The first-order chi connectivity index (χ1) is 9.56. The molecule has 1 saturated heterocycles. The van der Waals surface area contributed by atoms with E-state index < -0.39 is 0 Å². The monoisotopic (exact) mass is 307 g/mol. The fourth-order valence-corrected chi connectivity index (χ4v) is 4.02. The third kappa shape index (κ3) is 3.04. The number of nitrogen functional groups attached to an aromatic ring is 1. The molecule has 0 unspecified atom stereocenters.